The summed E-state index contributed by atoms with van der Waals surface area (Å²) in [6.45, 7) is 1.07. The molecule has 0 radical (unpaired) electrons. The van der Waals surface area contributed by atoms with E-state index in [4.69, 9.17) is 0 Å². The quantitative estimate of drug-likeness (QED) is 0.335. The van der Waals surface area contributed by atoms with Gasteiger partial charge in [-0.2, -0.15) is 0 Å². The molecular weight excluding hydrogens is 476 g/mol. The Morgan fingerprint density at radius 2 is 1.86 bits per heavy atom. The average molecular weight is 501 g/mol. The van der Waals surface area contributed by atoms with Crippen molar-refractivity contribution in [1.29, 1.82) is 0 Å². The van der Waals surface area contributed by atoms with Crippen molar-refractivity contribution in [3.05, 3.63) is 65.9 Å². The lowest BCUT2D eigenvalue weighted by molar-refractivity contribution is -0.139. The number of amides is 2. The van der Waals surface area contributed by atoms with Crippen LogP contribution in [0.2, 0.25) is 0 Å². The van der Waals surface area contributed by atoms with Gasteiger partial charge in [-0.25, -0.2) is 4.39 Å². The third kappa shape index (κ3) is 5.35. The summed E-state index contributed by atoms with van der Waals surface area (Å²) in [6.07, 6.45) is -0.0169. The van der Waals surface area contributed by atoms with Gasteiger partial charge in [-0.05, 0) is 30.7 Å². The first-order chi connectivity index (χ1) is 16.5. The molecule has 0 unspecified atom stereocenters. The Balaban J connectivity index is 1.55. The topological polar surface area (TPSA) is 129 Å². The molecule has 1 saturated heterocycles. The monoisotopic (exact) mass is 501 g/mol. The Kier molecular flexibility index (Phi) is 6.89. The number of halogens is 1. The predicted molar refractivity (Wildman–Crippen MR) is 127 cm³/mol. The lowest BCUT2D eigenvalue weighted by Gasteiger charge is -2.24. The zero-order chi connectivity index (χ0) is 25.3. The van der Waals surface area contributed by atoms with Crippen LogP contribution in [0.25, 0.3) is 10.9 Å². The molecule has 35 heavy (non-hydrogen) atoms. The van der Waals surface area contributed by atoms with Crippen LogP contribution >= 0.6 is 7.60 Å². The SMILES string of the molecule is CC(=O)c1cn(CC(=O)N2C[C@H](F)C[C@H]2C(=O)NCc2ccccc2)c2ccc(P(=O)(O)O)cc12. The van der Waals surface area contributed by atoms with Crippen LogP contribution in [0.5, 0.6) is 0 Å². The maximum Gasteiger partial charge on any atom is 0.356 e. The summed E-state index contributed by atoms with van der Waals surface area (Å²) in [4.78, 5) is 58.2. The highest BCUT2D eigenvalue weighted by Crippen LogP contribution is 2.35. The van der Waals surface area contributed by atoms with Crippen LogP contribution < -0.4 is 10.6 Å². The molecule has 2 aromatic carbocycles. The lowest BCUT2D eigenvalue weighted by atomic mass is 10.1. The number of ketones is 1. The van der Waals surface area contributed by atoms with E-state index in [0.29, 0.717) is 10.9 Å². The summed E-state index contributed by atoms with van der Waals surface area (Å²) < 4.78 is 27.4. The van der Waals surface area contributed by atoms with Crippen molar-refractivity contribution < 1.29 is 33.1 Å². The molecule has 2 atom stereocenters. The van der Waals surface area contributed by atoms with E-state index in [1.165, 1.54) is 40.8 Å². The summed E-state index contributed by atoms with van der Waals surface area (Å²) in [5.41, 5.74) is 1.49. The number of carbonyl (C=O) groups is 3. The van der Waals surface area contributed by atoms with Gasteiger partial charge >= 0.3 is 7.60 Å². The van der Waals surface area contributed by atoms with Crippen molar-refractivity contribution >= 4 is 41.4 Å². The molecule has 0 aliphatic carbocycles. The Bertz CT molecular complexity index is 1340. The fraction of sp³-hybridized carbons (Fsp3) is 0.292. The van der Waals surface area contributed by atoms with Crippen molar-refractivity contribution in [2.75, 3.05) is 6.54 Å². The number of rotatable bonds is 7. The number of nitrogens with zero attached hydrogens (tertiary/aromatic N) is 2. The van der Waals surface area contributed by atoms with Gasteiger partial charge in [-0.3, -0.25) is 18.9 Å². The van der Waals surface area contributed by atoms with Crippen molar-refractivity contribution in [2.24, 2.45) is 0 Å². The van der Waals surface area contributed by atoms with Crippen LogP contribution in [0, 0.1) is 0 Å². The number of benzene rings is 2. The molecule has 1 aromatic heterocycles. The number of hydrogen-bond acceptors (Lipinski definition) is 4. The molecule has 2 heterocycles. The second-order valence-corrected chi connectivity index (χ2v) is 10.2. The molecule has 4 rings (SSSR count). The van der Waals surface area contributed by atoms with Crippen LogP contribution in [0.3, 0.4) is 0 Å². The molecule has 0 spiro atoms. The largest absolute Gasteiger partial charge is 0.356 e. The van der Waals surface area contributed by atoms with Crippen LogP contribution in [-0.4, -0.2) is 55.6 Å². The average Bonchev–Trinajstić information content (AvgIpc) is 3.38. The molecule has 9 nitrogen and oxygen atoms in total. The number of hydrogen-bond donors (Lipinski definition) is 3. The number of likely N-dealkylation sites (tertiary alicyclic amines) is 1. The second kappa shape index (κ2) is 9.73. The second-order valence-electron chi connectivity index (χ2n) is 8.57. The highest BCUT2D eigenvalue weighted by Gasteiger charge is 2.39. The maximum atomic E-state index is 14.3. The highest BCUT2D eigenvalue weighted by molar-refractivity contribution is 7.60. The molecule has 0 bridgehead atoms. The first-order valence-corrected chi connectivity index (χ1v) is 12.6. The lowest BCUT2D eigenvalue weighted by Crippen LogP contribution is -2.46. The summed E-state index contributed by atoms with van der Waals surface area (Å²) in [7, 11) is -4.55. The fourth-order valence-corrected chi connectivity index (χ4v) is 4.89. The van der Waals surface area contributed by atoms with Gasteiger partial charge in [0.2, 0.25) is 11.8 Å². The van der Waals surface area contributed by atoms with E-state index in [1.807, 2.05) is 30.3 Å². The molecule has 1 fully saturated rings. The van der Waals surface area contributed by atoms with E-state index in [-0.39, 0.29) is 42.7 Å². The van der Waals surface area contributed by atoms with Crippen molar-refractivity contribution in [1.82, 2.24) is 14.8 Å². The number of aromatic nitrogens is 1. The third-order valence-electron chi connectivity index (χ3n) is 6.07. The molecular formula is C24H25FN3O6P. The van der Waals surface area contributed by atoms with Gasteiger partial charge in [-0.15, -0.1) is 0 Å². The highest BCUT2D eigenvalue weighted by atomic mass is 31.2. The molecule has 3 aromatic rings. The predicted octanol–water partition coefficient (Wildman–Crippen LogP) is 1.90. The van der Waals surface area contributed by atoms with Gasteiger partial charge in [-0.1, -0.05) is 30.3 Å². The Morgan fingerprint density at radius 3 is 2.51 bits per heavy atom. The molecule has 2 amide bonds. The van der Waals surface area contributed by atoms with E-state index in [0.717, 1.165) is 5.56 Å². The van der Waals surface area contributed by atoms with Gasteiger partial charge in [0.05, 0.1) is 11.8 Å². The van der Waals surface area contributed by atoms with E-state index >= 15 is 0 Å². The summed E-state index contributed by atoms with van der Waals surface area (Å²) in [5, 5.41) is 2.81. The Morgan fingerprint density at radius 1 is 1.14 bits per heavy atom. The number of nitrogens with one attached hydrogen (secondary N) is 1. The van der Waals surface area contributed by atoms with E-state index in [1.54, 1.807) is 0 Å². The number of carbonyl (C=O) groups excluding carboxylic acids is 3. The molecule has 3 N–H and O–H groups in total. The first-order valence-electron chi connectivity index (χ1n) is 11.0. The van der Waals surface area contributed by atoms with Crippen LogP contribution in [0.1, 0.15) is 29.3 Å². The molecule has 11 heteroatoms. The molecule has 184 valence electrons. The summed E-state index contributed by atoms with van der Waals surface area (Å²) in [6, 6.07) is 12.2. The van der Waals surface area contributed by atoms with Gasteiger partial charge in [0.15, 0.2) is 5.78 Å². The minimum Gasteiger partial charge on any atom is -0.350 e. The zero-order valence-electron chi connectivity index (χ0n) is 18.9. The van der Waals surface area contributed by atoms with E-state index < -0.39 is 31.6 Å². The summed E-state index contributed by atoms with van der Waals surface area (Å²) >= 11 is 0. The standard InChI is InChI=1S/C24H25FN3O6P/c1-15(29)20-13-27(21-8-7-18(10-19(20)21)35(32,33)34)14-23(30)28-12-17(25)9-22(28)24(31)26-11-16-5-3-2-4-6-16/h2-8,10,13,17,22H,9,11-12,14H2,1H3,(H,26,31)(H2,32,33,34)/t17-,22+/m1/s1. The van der Waals surface area contributed by atoms with Crippen molar-refractivity contribution in [3.8, 4) is 0 Å². The smallest absolute Gasteiger partial charge is 0.350 e. The fourth-order valence-electron chi connectivity index (χ4n) is 4.33. The minimum atomic E-state index is -4.55. The number of alkyl halides is 1. The minimum absolute atomic E-state index is 0.108. The van der Waals surface area contributed by atoms with Crippen LogP contribution in [0.15, 0.2) is 54.7 Å². The van der Waals surface area contributed by atoms with Gasteiger partial charge in [0.25, 0.3) is 0 Å². The van der Waals surface area contributed by atoms with Gasteiger partial charge < -0.3 is 24.6 Å². The third-order valence-corrected chi connectivity index (χ3v) is 7.02. The summed E-state index contributed by atoms with van der Waals surface area (Å²) in [5.74, 6) is -1.29. The van der Waals surface area contributed by atoms with Crippen molar-refractivity contribution in [3.63, 3.8) is 0 Å². The van der Waals surface area contributed by atoms with Crippen LogP contribution in [-0.2, 0) is 27.2 Å². The zero-order valence-corrected chi connectivity index (χ0v) is 19.8. The Hall–Kier alpha value is -3.33. The van der Waals surface area contributed by atoms with Gasteiger partial charge in [0.1, 0.15) is 18.8 Å². The molecule has 1 aliphatic rings. The normalized spacial score (nSPS) is 18.1. The van der Waals surface area contributed by atoms with E-state index in [9.17, 15) is 33.1 Å². The molecule has 1 aliphatic heterocycles. The van der Waals surface area contributed by atoms with E-state index in [2.05, 4.69) is 5.32 Å². The van der Waals surface area contributed by atoms with Crippen molar-refractivity contribution in [2.45, 2.75) is 38.6 Å². The first kappa shape index (κ1) is 24.8. The maximum absolute atomic E-state index is 14.3. The van der Waals surface area contributed by atoms with Gasteiger partial charge in [0, 0.05) is 35.6 Å². The van der Waals surface area contributed by atoms with Crippen LogP contribution in [0.4, 0.5) is 4.39 Å². The Labute approximate surface area is 200 Å². The number of Topliss-reactive ketones (excluding diaryl/α,β-unsaturated/α-hetero) is 1. The number of fused-ring (bicyclic) bond motifs is 1. The molecule has 0 saturated carbocycles.